The Hall–Kier alpha value is -1.05. The molecule has 0 rings (SSSR count). The van der Waals surface area contributed by atoms with Crippen LogP contribution in [0.5, 0.6) is 0 Å². The molecule has 0 saturated carbocycles. The first-order chi connectivity index (χ1) is 4.81. The SMILES string of the molecule is C#CCOCCC(=O)NN. The number of amides is 1. The van der Waals surface area contributed by atoms with Gasteiger partial charge in [-0.3, -0.25) is 10.2 Å². The van der Waals surface area contributed by atoms with E-state index in [1.54, 1.807) is 0 Å². The van der Waals surface area contributed by atoms with Gasteiger partial charge in [-0.15, -0.1) is 6.42 Å². The summed E-state index contributed by atoms with van der Waals surface area (Å²) in [5, 5.41) is 0. The van der Waals surface area contributed by atoms with Gasteiger partial charge in [0.05, 0.1) is 13.0 Å². The van der Waals surface area contributed by atoms with Gasteiger partial charge in [-0.05, 0) is 0 Å². The van der Waals surface area contributed by atoms with E-state index in [9.17, 15) is 4.79 Å². The molecule has 1 amide bonds. The first-order valence-corrected chi connectivity index (χ1v) is 2.82. The molecule has 0 aromatic heterocycles. The van der Waals surface area contributed by atoms with Gasteiger partial charge in [0.15, 0.2) is 0 Å². The molecular formula is C6H10N2O2. The van der Waals surface area contributed by atoms with Crippen LogP contribution in [0.3, 0.4) is 0 Å². The van der Waals surface area contributed by atoms with Gasteiger partial charge in [-0.25, -0.2) is 5.84 Å². The number of ether oxygens (including phenoxy) is 1. The van der Waals surface area contributed by atoms with E-state index in [0.29, 0.717) is 6.61 Å². The second kappa shape index (κ2) is 6.08. The van der Waals surface area contributed by atoms with Crippen molar-refractivity contribution < 1.29 is 9.53 Å². The van der Waals surface area contributed by atoms with Crippen molar-refractivity contribution >= 4 is 5.91 Å². The summed E-state index contributed by atoms with van der Waals surface area (Å²) in [4.78, 5) is 10.4. The van der Waals surface area contributed by atoms with Gasteiger partial charge in [0.25, 0.3) is 0 Å². The van der Waals surface area contributed by atoms with Gasteiger partial charge in [0, 0.05) is 0 Å². The van der Waals surface area contributed by atoms with E-state index >= 15 is 0 Å². The normalized spacial score (nSPS) is 8.40. The zero-order chi connectivity index (χ0) is 7.82. The van der Waals surface area contributed by atoms with E-state index in [1.807, 2.05) is 5.43 Å². The highest BCUT2D eigenvalue weighted by molar-refractivity contribution is 5.75. The van der Waals surface area contributed by atoms with Crippen LogP contribution in [0.4, 0.5) is 0 Å². The van der Waals surface area contributed by atoms with Crippen LogP contribution >= 0.6 is 0 Å². The second-order valence-electron chi connectivity index (χ2n) is 1.57. The minimum atomic E-state index is -0.253. The molecule has 3 N–H and O–H groups in total. The maximum atomic E-state index is 10.4. The lowest BCUT2D eigenvalue weighted by molar-refractivity contribution is -0.122. The standard InChI is InChI=1S/C6H10N2O2/c1-2-4-10-5-3-6(9)8-7/h1H,3-5,7H2,(H,8,9). The fourth-order valence-corrected chi connectivity index (χ4v) is 0.368. The molecule has 4 heteroatoms. The first kappa shape index (κ1) is 8.95. The molecular weight excluding hydrogens is 132 g/mol. The Bertz CT molecular complexity index is 139. The molecule has 0 aliphatic carbocycles. The van der Waals surface area contributed by atoms with Crippen molar-refractivity contribution in [1.29, 1.82) is 0 Å². The summed E-state index contributed by atoms with van der Waals surface area (Å²) >= 11 is 0. The minimum Gasteiger partial charge on any atom is -0.368 e. The van der Waals surface area contributed by atoms with E-state index in [-0.39, 0.29) is 18.9 Å². The molecule has 0 saturated heterocycles. The Morgan fingerprint density at radius 1 is 1.80 bits per heavy atom. The van der Waals surface area contributed by atoms with Crippen LogP contribution in [0.1, 0.15) is 6.42 Å². The topological polar surface area (TPSA) is 64.3 Å². The molecule has 0 aliphatic heterocycles. The van der Waals surface area contributed by atoms with E-state index in [0.717, 1.165) is 0 Å². The molecule has 0 aromatic carbocycles. The fourth-order valence-electron chi connectivity index (χ4n) is 0.368. The van der Waals surface area contributed by atoms with Crippen LogP contribution in [0.25, 0.3) is 0 Å². The zero-order valence-electron chi connectivity index (χ0n) is 5.59. The van der Waals surface area contributed by atoms with Crippen LogP contribution in [-0.4, -0.2) is 19.1 Å². The molecule has 0 unspecified atom stereocenters. The van der Waals surface area contributed by atoms with Crippen molar-refractivity contribution in [3.8, 4) is 12.3 Å². The fraction of sp³-hybridized carbons (Fsp3) is 0.500. The summed E-state index contributed by atoms with van der Waals surface area (Å²) in [5.74, 6) is 6.81. The number of rotatable bonds is 4. The summed E-state index contributed by atoms with van der Waals surface area (Å²) in [6.07, 6.45) is 5.13. The Balaban J connectivity index is 3.05. The molecule has 0 aliphatic rings. The smallest absolute Gasteiger partial charge is 0.236 e. The minimum absolute atomic E-state index is 0.234. The number of carbonyl (C=O) groups is 1. The molecule has 0 radical (unpaired) electrons. The van der Waals surface area contributed by atoms with Crippen molar-refractivity contribution in [3.05, 3.63) is 0 Å². The number of nitrogens with two attached hydrogens (primary N) is 1. The van der Waals surface area contributed by atoms with Gasteiger partial charge in [-0.1, -0.05) is 5.92 Å². The molecule has 56 valence electrons. The summed E-state index contributed by atoms with van der Waals surface area (Å²) in [6, 6.07) is 0. The average Bonchev–Trinajstić information content (AvgIpc) is 1.98. The lowest BCUT2D eigenvalue weighted by Crippen LogP contribution is -2.30. The number of nitrogens with one attached hydrogen (secondary N) is 1. The maximum Gasteiger partial charge on any atom is 0.236 e. The average molecular weight is 142 g/mol. The quantitative estimate of drug-likeness (QED) is 0.174. The van der Waals surface area contributed by atoms with Gasteiger partial charge in [0.1, 0.15) is 6.61 Å². The molecule has 0 aromatic rings. The van der Waals surface area contributed by atoms with Crippen LogP contribution in [0.15, 0.2) is 0 Å². The molecule has 4 nitrogen and oxygen atoms in total. The van der Waals surface area contributed by atoms with Crippen molar-refractivity contribution in [1.82, 2.24) is 5.43 Å². The lowest BCUT2D eigenvalue weighted by atomic mass is 10.4. The Morgan fingerprint density at radius 2 is 2.50 bits per heavy atom. The molecule has 0 fully saturated rings. The van der Waals surface area contributed by atoms with Gasteiger partial charge in [0.2, 0.25) is 5.91 Å². The Labute approximate surface area is 59.7 Å². The number of carbonyl (C=O) groups excluding carboxylic acids is 1. The van der Waals surface area contributed by atoms with Crippen molar-refractivity contribution in [2.45, 2.75) is 6.42 Å². The number of hydrogen-bond donors (Lipinski definition) is 2. The van der Waals surface area contributed by atoms with E-state index in [1.165, 1.54) is 0 Å². The highest BCUT2D eigenvalue weighted by Gasteiger charge is 1.95. The zero-order valence-corrected chi connectivity index (χ0v) is 5.59. The first-order valence-electron chi connectivity index (χ1n) is 2.82. The highest BCUT2D eigenvalue weighted by Crippen LogP contribution is 1.79. The summed E-state index contributed by atoms with van der Waals surface area (Å²) < 4.78 is 4.80. The van der Waals surface area contributed by atoms with Gasteiger partial charge in [-0.2, -0.15) is 0 Å². The Kier molecular flexibility index (Phi) is 5.44. The third kappa shape index (κ3) is 5.09. The number of terminal acetylenes is 1. The maximum absolute atomic E-state index is 10.4. The third-order valence-corrected chi connectivity index (χ3v) is 0.820. The Morgan fingerprint density at radius 3 is 3.00 bits per heavy atom. The van der Waals surface area contributed by atoms with Crippen molar-refractivity contribution in [2.75, 3.05) is 13.2 Å². The van der Waals surface area contributed by atoms with Crippen molar-refractivity contribution in [3.63, 3.8) is 0 Å². The molecule has 0 spiro atoms. The number of hydrazine groups is 1. The van der Waals surface area contributed by atoms with Crippen LogP contribution in [-0.2, 0) is 9.53 Å². The van der Waals surface area contributed by atoms with E-state index < -0.39 is 0 Å². The summed E-state index contributed by atoms with van der Waals surface area (Å²) in [6.45, 7) is 0.547. The molecule has 10 heavy (non-hydrogen) atoms. The number of hydrogen-bond acceptors (Lipinski definition) is 3. The van der Waals surface area contributed by atoms with Gasteiger partial charge < -0.3 is 4.74 Å². The summed E-state index contributed by atoms with van der Waals surface area (Å²) in [7, 11) is 0. The predicted molar refractivity (Wildman–Crippen MR) is 36.6 cm³/mol. The third-order valence-electron chi connectivity index (χ3n) is 0.820. The van der Waals surface area contributed by atoms with Crippen LogP contribution in [0.2, 0.25) is 0 Å². The van der Waals surface area contributed by atoms with E-state index in [2.05, 4.69) is 5.92 Å². The molecule has 0 heterocycles. The van der Waals surface area contributed by atoms with Gasteiger partial charge >= 0.3 is 0 Å². The highest BCUT2D eigenvalue weighted by atomic mass is 16.5. The monoisotopic (exact) mass is 142 g/mol. The summed E-state index contributed by atoms with van der Waals surface area (Å²) in [5.41, 5.74) is 1.97. The van der Waals surface area contributed by atoms with Crippen molar-refractivity contribution in [2.24, 2.45) is 5.84 Å². The van der Waals surface area contributed by atoms with E-state index in [4.69, 9.17) is 17.0 Å². The second-order valence-corrected chi connectivity index (χ2v) is 1.57. The largest absolute Gasteiger partial charge is 0.368 e. The van der Waals surface area contributed by atoms with Crippen LogP contribution < -0.4 is 11.3 Å². The molecule has 0 bridgehead atoms. The predicted octanol–water partition coefficient (Wildman–Crippen LogP) is -0.984. The van der Waals surface area contributed by atoms with Crippen LogP contribution in [0, 0.1) is 12.3 Å². The lowest BCUT2D eigenvalue weighted by Gasteiger charge is -1.97. The molecule has 0 atom stereocenters.